The molecule has 2 rings (SSSR count). The second-order valence-corrected chi connectivity index (χ2v) is 5.08. The maximum Gasteiger partial charge on any atom is 0.262 e. The fourth-order valence-electron chi connectivity index (χ4n) is 1.73. The van der Waals surface area contributed by atoms with Crippen LogP contribution in [-0.4, -0.2) is 21.7 Å². The van der Waals surface area contributed by atoms with Gasteiger partial charge in [-0.25, -0.2) is 0 Å². The van der Waals surface area contributed by atoms with Gasteiger partial charge < -0.3 is 0 Å². The molecule has 0 saturated carbocycles. The van der Waals surface area contributed by atoms with E-state index in [-0.39, 0.29) is 22.7 Å². The molecular formula is C12H12BrNO2. The monoisotopic (exact) mass is 281 g/mol. The first kappa shape index (κ1) is 11.3. The number of hydrogen-bond donors (Lipinski definition) is 0. The van der Waals surface area contributed by atoms with E-state index in [4.69, 9.17) is 0 Å². The van der Waals surface area contributed by atoms with Crippen molar-refractivity contribution in [2.45, 2.75) is 18.8 Å². The molecule has 1 aliphatic rings. The molecule has 2 amide bonds. The largest absolute Gasteiger partial charge is 0.269 e. The maximum atomic E-state index is 12.0. The van der Waals surface area contributed by atoms with E-state index in [1.54, 1.807) is 24.3 Å². The van der Waals surface area contributed by atoms with Crippen LogP contribution in [0.15, 0.2) is 24.3 Å². The molecule has 1 unspecified atom stereocenters. The first-order valence-corrected chi connectivity index (χ1v) is 6.06. The Balaban J connectivity index is 2.43. The Morgan fingerprint density at radius 3 is 1.88 bits per heavy atom. The maximum absolute atomic E-state index is 12.0. The van der Waals surface area contributed by atoms with Gasteiger partial charge in [-0.05, 0) is 18.1 Å². The lowest BCUT2D eigenvalue weighted by Gasteiger charge is -2.23. The van der Waals surface area contributed by atoms with Crippen molar-refractivity contribution in [2.24, 2.45) is 5.92 Å². The summed E-state index contributed by atoms with van der Waals surface area (Å²) in [7, 11) is 0. The molecular weight excluding hydrogens is 270 g/mol. The second kappa shape index (κ2) is 4.01. The Morgan fingerprint density at radius 2 is 1.50 bits per heavy atom. The highest BCUT2D eigenvalue weighted by Gasteiger charge is 2.39. The van der Waals surface area contributed by atoms with Crippen LogP contribution < -0.4 is 0 Å². The summed E-state index contributed by atoms with van der Waals surface area (Å²) >= 11 is 3.39. The zero-order valence-electron chi connectivity index (χ0n) is 9.11. The minimum absolute atomic E-state index is 0.183. The highest BCUT2D eigenvalue weighted by molar-refractivity contribution is 9.09. The fourth-order valence-corrected chi connectivity index (χ4v) is 2.10. The molecule has 0 bridgehead atoms. The summed E-state index contributed by atoms with van der Waals surface area (Å²) in [5.74, 6) is -0.241. The molecule has 0 radical (unpaired) electrons. The van der Waals surface area contributed by atoms with Crippen molar-refractivity contribution in [3.63, 3.8) is 0 Å². The summed E-state index contributed by atoms with van der Waals surface area (Å²) in [6.45, 7) is 3.92. The van der Waals surface area contributed by atoms with Crippen molar-refractivity contribution in [1.29, 1.82) is 0 Å². The van der Waals surface area contributed by atoms with E-state index in [2.05, 4.69) is 15.9 Å². The molecule has 0 spiro atoms. The van der Waals surface area contributed by atoms with Crippen LogP contribution in [0.3, 0.4) is 0 Å². The minimum Gasteiger partial charge on any atom is -0.269 e. The summed E-state index contributed by atoms with van der Waals surface area (Å²) in [6, 6.07) is 6.92. The number of halogens is 1. The lowest BCUT2D eigenvalue weighted by Crippen LogP contribution is -2.39. The molecule has 1 aromatic rings. The lowest BCUT2D eigenvalue weighted by atomic mass is 10.1. The zero-order valence-corrected chi connectivity index (χ0v) is 10.7. The SMILES string of the molecule is CC(C)C(Br)N1C(=O)c2ccccc2C1=O. The second-order valence-electron chi connectivity index (χ2n) is 4.14. The van der Waals surface area contributed by atoms with Crippen LogP contribution in [0.25, 0.3) is 0 Å². The molecule has 0 aliphatic carbocycles. The summed E-state index contributed by atoms with van der Waals surface area (Å²) in [6.07, 6.45) is 0. The average molecular weight is 282 g/mol. The summed E-state index contributed by atoms with van der Waals surface area (Å²) in [4.78, 5) is 25.1. The molecule has 1 heterocycles. The first-order valence-electron chi connectivity index (χ1n) is 5.15. The number of carbonyl (C=O) groups excluding carboxylic acids is 2. The van der Waals surface area contributed by atoms with E-state index in [1.807, 2.05) is 13.8 Å². The molecule has 1 aromatic carbocycles. The first-order chi connectivity index (χ1) is 7.54. The van der Waals surface area contributed by atoms with Gasteiger partial charge in [-0.15, -0.1) is 0 Å². The summed E-state index contributed by atoms with van der Waals surface area (Å²) in [5, 5.41) is 0. The van der Waals surface area contributed by atoms with Crippen LogP contribution in [0.4, 0.5) is 0 Å². The number of benzene rings is 1. The number of hydrogen-bond acceptors (Lipinski definition) is 2. The lowest BCUT2D eigenvalue weighted by molar-refractivity contribution is 0.0617. The fraction of sp³-hybridized carbons (Fsp3) is 0.333. The van der Waals surface area contributed by atoms with E-state index >= 15 is 0 Å². The van der Waals surface area contributed by atoms with Crippen molar-refractivity contribution in [3.05, 3.63) is 35.4 Å². The highest BCUT2D eigenvalue weighted by Crippen LogP contribution is 2.29. The molecule has 1 atom stereocenters. The summed E-state index contributed by atoms with van der Waals surface area (Å²) in [5.41, 5.74) is 0.996. The topological polar surface area (TPSA) is 37.4 Å². The van der Waals surface area contributed by atoms with Gasteiger partial charge in [0.15, 0.2) is 0 Å². The third kappa shape index (κ3) is 1.57. The van der Waals surface area contributed by atoms with Crippen LogP contribution in [0.5, 0.6) is 0 Å². The quantitative estimate of drug-likeness (QED) is 0.475. The third-order valence-corrected chi connectivity index (χ3v) is 4.09. The smallest absolute Gasteiger partial charge is 0.262 e. The predicted octanol–water partition coefficient (Wildman–Crippen LogP) is 2.66. The Hall–Kier alpha value is -1.16. The normalized spacial score (nSPS) is 16.9. The van der Waals surface area contributed by atoms with Gasteiger partial charge >= 0.3 is 0 Å². The van der Waals surface area contributed by atoms with Gasteiger partial charge in [0.2, 0.25) is 0 Å². The number of carbonyl (C=O) groups is 2. The number of rotatable bonds is 2. The van der Waals surface area contributed by atoms with Crippen molar-refractivity contribution >= 4 is 27.7 Å². The van der Waals surface area contributed by atoms with Crippen LogP contribution in [-0.2, 0) is 0 Å². The molecule has 0 fully saturated rings. The van der Waals surface area contributed by atoms with Crippen LogP contribution in [0.1, 0.15) is 34.6 Å². The summed E-state index contributed by atoms with van der Waals surface area (Å²) < 4.78 is 0. The molecule has 1 aliphatic heterocycles. The standard InChI is InChI=1S/C12H12BrNO2/c1-7(2)10(13)14-11(15)8-5-3-4-6-9(8)12(14)16/h3-7,10H,1-2H3. The number of alkyl halides is 1. The Labute approximate surface area is 103 Å². The van der Waals surface area contributed by atoms with Gasteiger partial charge in [-0.3, -0.25) is 14.5 Å². The van der Waals surface area contributed by atoms with Gasteiger partial charge in [-0.1, -0.05) is 41.9 Å². The molecule has 0 N–H and O–H groups in total. The van der Waals surface area contributed by atoms with Crippen molar-refractivity contribution in [2.75, 3.05) is 0 Å². The van der Waals surface area contributed by atoms with Crippen molar-refractivity contribution in [1.82, 2.24) is 4.90 Å². The molecule has 0 aromatic heterocycles. The molecule has 4 heteroatoms. The molecule has 0 saturated heterocycles. The highest BCUT2D eigenvalue weighted by atomic mass is 79.9. The minimum atomic E-state index is -0.250. The van der Waals surface area contributed by atoms with Gasteiger partial charge in [0.25, 0.3) is 11.8 Å². The molecule has 3 nitrogen and oxygen atoms in total. The number of imide groups is 1. The Bertz CT molecular complexity index is 421. The predicted molar refractivity (Wildman–Crippen MR) is 64.5 cm³/mol. The van der Waals surface area contributed by atoms with E-state index in [0.29, 0.717) is 11.1 Å². The van der Waals surface area contributed by atoms with E-state index in [9.17, 15) is 9.59 Å². The Morgan fingerprint density at radius 1 is 1.06 bits per heavy atom. The average Bonchev–Trinajstić information content (AvgIpc) is 2.52. The van der Waals surface area contributed by atoms with Gasteiger partial charge in [0.1, 0.15) is 0 Å². The van der Waals surface area contributed by atoms with E-state index < -0.39 is 0 Å². The van der Waals surface area contributed by atoms with Crippen LogP contribution >= 0.6 is 15.9 Å². The van der Waals surface area contributed by atoms with Crippen molar-refractivity contribution in [3.8, 4) is 0 Å². The third-order valence-electron chi connectivity index (χ3n) is 2.62. The molecule has 84 valence electrons. The number of fused-ring (bicyclic) bond motifs is 1. The van der Waals surface area contributed by atoms with Crippen molar-refractivity contribution < 1.29 is 9.59 Å². The van der Waals surface area contributed by atoms with E-state index in [0.717, 1.165) is 0 Å². The molecule has 16 heavy (non-hydrogen) atoms. The van der Waals surface area contributed by atoms with Gasteiger partial charge in [0, 0.05) is 0 Å². The zero-order chi connectivity index (χ0) is 11.9. The van der Waals surface area contributed by atoms with E-state index in [1.165, 1.54) is 4.90 Å². The Kier molecular flexibility index (Phi) is 2.84. The van der Waals surface area contributed by atoms with Crippen LogP contribution in [0, 0.1) is 5.92 Å². The number of amides is 2. The van der Waals surface area contributed by atoms with Gasteiger partial charge in [0.05, 0.1) is 16.1 Å². The number of nitrogens with zero attached hydrogens (tertiary/aromatic N) is 1. The van der Waals surface area contributed by atoms with Gasteiger partial charge in [-0.2, -0.15) is 0 Å². The van der Waals surface area contributed by atoms with Crippen LogP contribution in [0.2, 0.25) is 0 Å².